The Morgan fingerprint density at radius 3 is 3.05 bits per heavy atom. The predicted octanol–water partition coefficient (Wildman–Crippen LogP) is 4.45. The highest BCUT2D eigenvalue weighted by molar-refractivity contribution is 5.85. The Bertz CT molecular complexity index is 573. The van der Waals surface area contributed by atoms with Gasteiger partial charge in [-0.1, -0.05) is 44.4 Å². The van der Waals surface area contributed by atoms with Crippen LogP contribution in [0.1, 0.15) is 50.6 Å². The van der Waals surface area contributed by atoms with Crippen LogP contribution in [0.5, 0.6) is 0 Å². The van der Waals surface area contributed by atoms with Gasteiger partial charge in [0.15, 0.2) is 0 Å². The van der Waals surface area contributed by atoms with Crippen molar-refractivity contribution in [3.8, 4) is 0 Å². The monoisotopic (exact) mass is 268 g/mol. The van der Waals surface area contributed by atoms with E-state index >= 15 is 0 Å². The summed E-state index contributed by atoms with van der Waals surface area (Å²) in [6, 6.07) is 8.67. The Morgan fingerprint density at radius 1 is 1.30 bits per heavy atom. The average molecular weight is 268 g/mol. The Labute approximate surface area is 121 Å². The standard InChI is InChI=1S/C18H24N2/c1-2-13-5-3-7-15(11-13)18(19)16-8-4-6-14-9-10-20-12-17(14)16/h4,6,8-10,12-13,15,18H,2-3,5,7,11,19H2,1H3. The van der Waals surface area contributed by atoms with Crippen molar-refractivity contribution in [2.24, 2.45) is 17.6 Å². The van der Waals surface area contributed by atoms with Crippen molar-refractivity contribution >= 4 is 10.8 Å². The molecule has 1 saturated carbocycles. The fraction of sp³-hybridized carbons (Fsp3) is 0.500. The van der Waals surface area contributed by atoms with Crippen molar-refractivity contribution in [2.75, 3.05) is 0 Å². The number of hydrogen-bond acceptors (Lipinski definition) is 2. The van der Waals surface area contributed by atoms with E-state index in [2.05, 4.69) is 36.2 Å². The van der Waals surface area contributed by atoms with E-state index < -0.39 is 0 Å². The topological polar surface area (TPSA) is 38.9 Å². The van der Waals surface area contributed by atoms with Gasteiger partial charge < -0.3 is 5.73 Å². The van der Waals surface area contributed by atoms with Crippen LogP contribution in [0.4, 0.5) is 0 Å². The van der Waals surface area contributed by atoms with Crippen molar-refractivity contribution in [3.63, 3.8) is 0 Å². The summed E-state index contributed by atoms with van der Waals surface area (Å²) in [6.07, 6.45) is 10.4. The number of aromatic nitrogens is 1. The minimum Gasteiger partial charge on any atom is -0.324 e. The number of nitrogens with zero attached hydrogens (tertiary/aromatic N) is 1. The summed E-state index contributed by atoms with van der Waals surface area (Å²) in [7, 11) is 0. The first-order valence-corrected chi connectivity index (χ1v) is 7.87. The lowest BCUT2D eigenvalue weighted by molar-refractivity contribution is 0.231. The van der Waals surface area contributed by atoms with Gasteiger partial charge in [0.1, 0.15) is 0 Å². The van der Waals surface area contributed by atoms with E-state index in [1.165, 1.54) is 48.4 Å². The quantitative estimate of drug-likeness (QED) is 0.893. The number of nitrogens with two attached hydrogens (primary N) is 1. The third-order valence-corrected chi connectivity index (χ3v) is 4.99. The maximum absolute atomic E-state index is 6.62. The molecule has 1 aromatic heterocycles. The molecule has 1 fully saturated rings. The molecule has 0 aliphatic heterocycles. The summed E-state index contributed by atoms with van der Waals surface area (Å²) in [4.78, 5) is 4.28. The zero-order chi connectivity index (χ0) is 13.9. The average Bonchev–Trinajstić information content (AvgIpc) is 2.53. The van der Waals surface area contributed by atoms with Crippen LogP contribution in [0.25, 0.3) is 10.8 Å². The van der Waals surface area contributed by atoms with E-state index in [4.69, 9.17) is 5.73 Å². The molecule has 1 aliphatic rings. The molecule has 20 heavy (non-hydrogen) atoms. The highest BCUT2D eigenvalue weighted by atomic mass is 14.7. The molecule has 0 saturated heterocycles. The summed E-state index contributed by atoms with van der Waals surface area (Å²) >= 11 is 0. The Balaban J connectivity index is 1.90. The summed E-state index contributed by atoms with van der Waals surface area (Å²) in [5.74, 6) is 1.49. The molecule has 2 nitrogen and oxygen atoms in total. The van der Waals surface area contributed by atoms with E-state index in [0.29, 0.717) is 5.92 Å². The molecule has 0 radical (unpaired) electrons. The van der Waals surface area contributed by atoms with Gasteiger partial charge in [0.25, 0.3) is 0 Å². The van der Waals surface area contributed by atoms with Crippen molar-refractivity contribution in [1.82, 2.24) is 4.98 Å². The highest BCUT2D eigenvalue weighted by Gasteiger charge is 2.27. The number of rotatable bonds is 3. The lowest BCUT2D eigenvalue weighted by Crippen LogP contribution is -2.27. The van der Waals surface area contributed by atoms with Crippen LogP contribution < -0.4 is 5.73 Å². The minimum absolute atomic E-state index is 0.150. The summed E-state index contributed by atoms with van der Waals surface area (Å²) < 4.78 is 0. The van der Waals surface area contributed by atoms with Crippen LogP contribution in [-0.2, 0) is 0 Å². The van der Waals surface area contributed by atoms with Gasteiger partial charge in [0, 0.05) is 23.8 Å². The Kier molecular flexibility index (Phi) is 4.02. The van der Waals surface area contributed by atoms with Crippen molar-refractivity contribution < 1.29 is 0 Å². The molecular formula is C18H24N2. The molecule has 3 atom stereocenters. The molecule has 2 heteroatoms. The normalized spacial score (nSPS) is 24.7. The van der Waals surface area contributed by atoms with Crippen LogP contribution >= 0.6 is 0 Å². The molecular weight excluding hydrogens is 244 g/mol. The maximum Gasteiger partial charge on any atom is 0.0349 e. The molecule has 1 aliphatic carbocycles. The molecule has 3 unspecified atom stereocenters. The molecule has 2 N–H and O–H groups in total. The molecule has 106 valence electrons. The first-order chi connectivity index (χ1) is 9.79. The van der Waals surface area contributed by atoms with E-state index in [9.17, 15) is 0 Å². The molecule has 0 bridgehead atoms. The van der Waals surface area contributed by atoms with Gasteiger partial charge in [-0.15, -0.1) is 0 Å². The van der Waals surface area contributed by atoms with Crippen molar-refractivity contribution in [1.29, 1.82) is 0 Å². The van der Waals surface area contributed by atoms with Crippen LogP contribution in [0, 0.1) is 11.8 Å². The van der Waals surface area contributed by atoms with Crippen LogP contribution in [0.3, 0.4) is 0 Å². The SMILES string of the molecule is CCC1CCCC(C(N)c2cccc3ccncc23)C1. The second-order valence-corrected chi connectivity index (χ2v) is 6.17. The van der Waals surface area contributed by atoms with Gasteiger partial charge in [-0.05, 0) is 41.7 Å². The number of benzene rings is 1. The summed E-state index contributed by atoms with van der Waals surface area (Å²) in [6.45, 7) is 2.31. The fourth-order valence-electron chi connectivity index (χ4n) is 3.71. The second-order valence-electron chi connectivity index (χ2n) is 6.17. The zero-order valence-electron chi connectivity index (χ0n) is 12.3. The van der Waals surface area contributed by atoms with Gasteiger partial charge in [-0.2, -0.15) is 0 Å². The van der Waals surface area contributed by atoms with Gasteiger partial charge in [0.05, 0.1) is 0 Å². The van der Waals surface area contributed by atoms with Crippen LogP contribution in [-0.4, -0.2) is 4.98 Å². The van der Waals surface area contributed by atoms with E-state index in [0.717, 1.165) is 5.92 Å². The third-order valence-electron chi connectivity index (χ3n) is 4.99. The lowest BCUT2D eigenvalue weighted by atomic mass is 9.75. The maximum atomic E-state index is 6.62. The number of hydrogen-bond donors (Lipinski definition) is 1. The van der Waals surface area contributed by atoms with Crippen LogP contribution in [0.2, 0.25) is 0 Å². The van der Waals surface area contributed by atoms with Crippen molar-refractivity contribution in [2.45, 2.75) is 45.1 Å². The Hall–Kier alpha value is -1.41. The van der Waals surface area contributed by atoms with Gasteiger partial charge >= 0.3 is 0 Å². The molecule has 0 amide bonds. The fourth-order valence-corrected chi connectivity index (χ4v) is 3.71. The first-order valence-electron chi connectivity index (χ1n) is 7.87. The zero-order valence-corrected chi connectivity index (χ0v) is 12.3. The van der Waals surface area contributed by atoms with E-state index in [1.807, 2.05) is 12.4 Å². The molecule has 1 aromatic carbocycles. The van der Waals surface area contributed by atoms with Gasteiger partial charge in [-0.3, -0.25) is 4.98 Å². The van der Waals surface area contributed by atoms with E-state index in [1.54, 1.807) is 0 Å². The molecule has 0 spiro atoms. The number of fused-ring (bicyclic) bond motifs is 1. The smallest absolute Gasteiger partial charge is 0.0349 e. The largest absolute Gasteiger partial charge is 0.324 e. The predicted molar refractivity (Wildman–Crippen MR) is 84.4 cm³/mol. The molecule has 3 rings (SSSR count). The molecule has 1 heterocycles. The van der Waals surface area contributed by atoms with Crippen molar-refractivity contribution in [3.05, 3.63) is 42.2 Å². The summed E-state index contributed by atoms with van der Waals surface area (Å²) in [5.41, 5.74) is 7.90. The highest BCUT2D eigenvalue weighted by Crippen LogP contribution is 2.38. The number of pyridine rings is 1. The molecule has 2 aromatic rings. The summed E-state index contributed by atoms with van der Waals surface area (Å²) in [5, 5.41) is 2.47. The first kappa shape index (κ1) is 13.6. The second kappa shape index (κ2) is 5.92. The third kappa shape index (κ3) is 2.57. The van der Waals surface area contributed by atoms with Gasteiger partial charge in [-0.25, -0.2) is 0 Å². The van der Waals surface area contributed by atoms with E-state index in [-0.39, 0.29) is 6.04 Å². The van der Waals surface area contributed by atoms with Gasteiger partial charge in [0.2, 0.25) is 0 Å². The Morgan fingerprint density at radius 2 is 2.20 bits per heavy atom. The van der Waals surface area contributed by atoms with Crippen LogP contribution in [0.15, 0.2) is 36.7 Å². The lowest BCUT2D eigenvalue weighted by Gasteiger charge is -2.33. The minimum atomic E-state index is 0.150.